The number of nitrogens with one attached hydrogen (secondary N) is 3. The molecule has 69 heavy (non-hydrogen) atoms. The van der Waals surface area contributed by atoms with Crippen LogP contribution in [0.4, 0.5) is 32.0 Å². The van der Waals surface area contributed by atoms with Crippen LogP contribution in [0.3, 0.4) is 0 Å². The second-order valence-corrected chi connectivity index (χ2v) is 18.3. The van der Waals surface area contributed by atoms with Gasteiger partial charge < -0.3 is 55.5 Å². The summed E-state index contributed by atoms with van der Waals surface area (Å²) in [5.74, 6) is -5.82. The average molecular weight is 1020 g/mol. The SMILES string of the molecule is COc1cc(NC(=O)CCN2CCC3(CC2)CC(OC(=O)C(O)(c2cccs2)C2CCCC2)C3)c(Cl)cc1CNC[C@H](O)c1ccc(O)c2[nH]c(=O)ccc12.O=C(O)C(F)(F)F.O=C(O)C(F)(F)F. The summed E-state index contributed by atoms with van der Waals surface area (Å²) in [7, 11) is 1.54. The molecule has 2 aliphatic carbocycles. The van der Waals surface area contributed by atoms with Crippen LogP contribution in [0.1, 0.15) is 79.9 Å². The maximum absolute atomic E-state index is 13.4. The predicted octanol–water partition coefficient (Wildman–Crippen LogP) is 7.24. The molecule has 7 rings (SSSR count). The number of thiophene rings is 1. The van der Waals surface area contributed by atoms with Crippen LogP contribution in [0, 0.1) is 11.3 Å². The van der Waals surface area contributed by atoms with Crippen molar-refractivity contribution in [2.45, 2.75) is 94.5 Å². The number of likely N-dealkylation sites (tertiary alicyclic amines) is 1. The van der Waals surface area contributed by atoms with E-state index in [9.17, 15) is 56.0 Å². The number of benzene rings is 2. The van der Waals surface area contributed by atoms with Crippen LogP contribution < -0.4 is 20.9 Å². The number of piperidine rings is 1. The zero-order chi connectivity index (χ0) is 50.9. The standard InChI is InChI=1S/C41H49ClN4O8S.2C2HF3O2/c1-53-34-20-31(30(42)19-25(34)23-43-24-33(48)28-8-10-32(47)38-29(28)9-11-36(49)45-38)44-37(50)12-15-46-16-13-40(14-17-46)21-27(22-40)54-39(51)41(52,26-5-2-3-6-26)35-7-4-18-55-35;2*3-2(4,5)1(6)7/h4,7-11,18-20,26-27,33,43,47-48,52H,2-3,5-6,12-17,21-24H2,1H3,(H,44,50)(H,45,49);2*(H,6,7)/t33-,41?;;/m0../s1. The number of aliphatic carboxylic acids is 2. The summed E-state index contributed by atoms with van der Waals surface area (Å²) in [6.45, 7) is 2.83. The van der Waals surface area contributed by atoms with Crippen LogP contribution in [0.2, 0.25) is 5.02 Å². The van der Waals surface area contributed by atoms with Gasteiger partial charge in [-0.3, -0.25) is 9.59 Å². The minimum atomic E-state index is -5.08. The molecule has 1 amide bonds. The van der Waals surface area contributed by atoms with Gasteiger partial charge in [-0.15, -0.1) is 11.3 Å². The molecule has 1 aliphatic heterocycles. The minimum Gasteiger partial charge on any atom is -0.506 e. The number of nitrogens with zero attached hydrogens (tertiary/aromatic N) is 1. The van der Waals surface area contributed by atoms with E-state index in [2.05, 4.69) is 20.5 Å². The summed E-state index contributed by atoms with van der Waals surface area (Å²) >= 11 is 8.02. The maximum atomic E-state index is 13.4. The van der Waals surface area contributed by atoms with Crippen LogP contribution in [0.5, 0.6) is 11.5 Å². The molecule has 2 saturated carbocycles. The molecule has 0 bridgehead atoms. The molecule has 24 heteroatoms. The highest BCUT2D eigenvalue weighted by atomic mass is 35.5. The fraction of sp³-hybridized carbons (Fsp3) is 0.489. The first kappa shape index (κ1) is 54.5. The van der Waals surface area contributed by atoms with Crippen LogP contribution in [-0.2, 0) is 36.1 Å². The molecule has 8 N–H and O–H groups in total. The molecule has 1 saturated heterocycles. The number of methoxy groups -OCH3 is 1. The largest absolute Gasteiger partial charge is 0.506 e. The number of aliphatic hydroxyl groups excluding tert-OH is 1. The van der Waals surface area contributed by atoms with Crippen molar-refractivity contribution in [2.24, 2.45) is 11.3 Å². The first-order chi connectivity index (χ1) is 32.4. The Balaban J connectivity index is 0.000000554. The topological polar surface area (TPSA) is 248 Å². The number of halogens is 7. The van der Waals surface area contributed by atoms with Gasteiger partial charge in [-0.1, -0.05) is 36.6 Å². The summed E-state index contributed by atoms with van der Waals surface area (Å²) in [6, 6.07) is 13.1. The highest BCUT2D eigenvalue weighted by Crippen LogP contribution is 2.52. The van der Waals surface area contributed by atoms with Gasteiger partial charge in [0.2, 0.25) is 11.5 Å². The van der Waals surface area contributed by atoms with Gasteiger partial charge in [0.25, 0.3) is 0 Å². The second-order valence-electron chi connectivity index (χ2n) is 17.0. The lowest BCUT2D eigenvalue weighted by atomic mass is 9.61. The van der Waals surface area contributed by atoms with Crippen molar-refractivity contribution in [1.29, 1.82) is 0 Å². The molecule has 2 atom stereocenters. The fourth-order valence-electron chi connectivity index (χ4n) is 8.69. The molecule has 16 nitrogen and oxygen atoms in total. The van der Waals surface area contributed by atoms with Crippen LogP contribution in [0.25, 0.3) is 10.9 Å². The monoisotopic (exact) mass is 1020 g/mol. The fourth-order valence-corrected chi connectivity index (χ4v) is 9.82. The van der Waals surface area contributed by atoms with E-state index in [4.69, 9.17) is 40.9 Å². The van der Waals surface area contributed by atoms with Crippen molar-refractivity contribution < 1.29 is 80.5 Å². The van der Waals surface area contributed by atoms with Crippen molar-refractivity contribution in [3.05, 3.63) is 85.3 Å². The molecular weight excluding hydrogens is 970 g/mol. The van der Waals surface area contributed by atoms with E-state index in [-0.39, 0.29) is 46.7 Å². The summed E-state index contributed by atoms with van der Waals surface area (Å²) in [5.41, 5.74) is 0.229. The number of carboxylic acid groups (broad SMARTS) is 2. The van der Waals surface area contributed by atoms with Gasteiger partial charge in [0.1, 0.15) is 17.6 Å². The number of phenolic OH excluding ortho intramolecular Hbond substituents is 1. The van der Waals surface area contributed by atoms with Gasteiger partial charge in [-0.2, -0.15) is 26.3 Å². The quantitative estimate of drug-likeness (QED) is 0.0458. The number of aromatic hydroxyl groups is 1. The van der Waals surface area contributed by atoms with Gasteiger partial charge in [-0.05, 0) is 92.2 Å². The van der Waals surface area contributed by atoms with Gasteiger partial charge in [0, 0.05) is 59.9 Å². The van der Waals surface area contributed by atoms with E-state index in [1.54, 1.807) is 24.3 Å². The van der Waals surface area contributed by atoms with Crippen molar-refractivity contribution in [1.82, 2.24) is 15.2 Å². The van der Waals surface area contributed by atoms with Gasteiger partial charge >= 0.3 is 30.3 Å². The Morgan fingerprint density at radius 3 is 2.16 bits per heavy atom. The van der Waals surface area contributed by atoms with E-state index < -0.39 is 42.0 Å². The number of H-pyrrole nitrogens is 1. The third kappa shape index (κ3) is 14.1. The number of fused-ring (bicyclic) bond motifs is 1. The number of amides is 1. The second kappa shape index (κ2) is 23.0. The normalized spacial score (nSPS) is 17.6. The number of alkyl halides is 6. The Morgan fingerprint density at radius 1 is 0.971 bits per heavy atom. The number of carbonyl (C=O) groups is 4. The average Bonchev–Trinajstić information content (AvgIpc) is 4.03. The van der Waals surface area contributed by atoms with Gasteiger partial charge in [0.05, 0.1) is 29.4 Å². The Morgan fingerprint density at radius 2 is 1.59 bits per heavy atom. The molecule has 2 aromatic carbocycles. The van der Waals surface area contributed by atoms with E-state index >= 15 is 0 Å². The lowest BCUT2D eigenvalue weighted by Gasteiger charge is -2.52. The van der Waals surface area contributed by atoms with Crippen LogP contribution in [0.15, 0.2) is 58.7 Å². The van der Waals surface area contributed by atoms with Gasteiger partial charge in [0.15, 0.2) is 5.60 Å². The molecule has 1 spiro atoms. The number of aliphatic hydroxyl groups is 2. The number of hydrogen-bond acceptors (Lipinski definition) is 13. The lowest BCUT2D eigenvalue weighted by molar-refractivity contribution is -0.193. The Kier molecular flexibility index (Phi) is 18.1. The van der Waals surface area contributed by atoms with E-state index in [0.717, 1.165) is 70.0 Å². The molecule has 3 heterocycles. The van der Waals surface area contributed by atoms with E-state index in [0.29, 0.717) is 51.8 Å². The maximum Gasteiger partial charge on any atom is 0.490 e. The number of aromatic amines is 1. The lowest BCUT2D eigenvalue weighted by Crippen LogP contribution is -2.52. The number of aromatic nitrogens is 1. The molecule has 378 valence electrons. The first-order valence-electron chi connectivity index (χ1n) is 21.6. The van der Waals surface area contributed by atoms with Crippen LogP contribution >= 0.6 is 22.9 Å². The van der Waals surface area contributed by atoms with Crippen molar-refractivity contribution in [2.75, 3.05) is 38.6 Å². The molecule has 0 radical (unpaired) electrons. The van der Waals surface area contributed by atoms with Crippen molar-refractivity contribution in [3.63, 3.8) is 0 Å². The molecule has 3 fully saturated rings. The number of phenols is 1. The molecular formula is C45H51ClF6N4O12S. The number of esters is 1. The number of carboxylic acids is 2. The predicted molar refractivity (Wildman–Crippen MR) is 239 cm³/mol. The van der Waals surface area contributed by atoms with Crippen molar-refractivity contribution >= 4 is 63.3 Å². The Bertz CT molecular complexity index is 2460. The van der Waals surface area contributed by atoms with E-state index in [1.165, 1.54) is 30.6 Å². The number of pyridine rings is 1. The zero-order valence-electron chi connectivity index (χ0n) is 36.9. The van der Waals surface area contributed by atoms with Gasteiger partial charge in [-0.25, -0.2) is 14.4 Å². The van der Waals surface area contributed by atoms with E-state index in [1.807, 2.05) is 17.5 Å². The number of ether oxygens (including phenoxy) is 2. The Hall–Kier alpha value is -5.46. The van der Waals surface area contributed by atoms with Crippen LogP contribution in [-0.4, -0.2) is 111 Å². The zero-order valence-corrected chi connectivity index (χ0v) is 38.5. The molecule has 3 aliphatic rings. The third-order valence-electron chi connectivity index (χ3n) is 12.4. The molecule has 2 aromatic heterocycles. The summed E-state index contributed by atoms with van der Waals surface area (Å²) in [6.07, 6.45) is -3.69. The number of rotatable bonds is 14. The highest BCUT2D eigenvalue weighted by molar-refractivity contribution is 7.10. The number of hydrogen-bond donors (Lipinski definition) is 8. The summed E-state index contributed by atoms with van der Waals surface area (Å²) in [5, 5.41) is 55.9. The highest BCUT2D eigenvalue weighted by Gasteiger charge is 2.53. The molecule has 4 aromatic rings. The Labute approximate surface area is 399 Å². The smallest absolute Gasteiger partial charge is 0.490 e. The minimum absolute atomic E-state index is 0.0763. The molecule has 1 unspecified atom stereocenters. The van der Waals surface area contributed by atoms with Crippen molar-refractivity contribution in [3.8, 4) is 11.5 Å². The number of anilines is 1. The third-order valence-corrected chi connectivity index (χ3v) is 13.7. The summed E-state index contributed by atoms with van der Waals surface area (Å²) in [4.78, 5) is 61.6. The first-order valence-corrected chi connectivity index (χ1v) is 22.8. The summed E-state index contributed by atoms with van der Waals surface area (Å²) < 4.78 is 75.1. The number of carbonyl (C=O) groups excluding carboxylic acids is 2.